The average Bonchev–Trinajstić information content (AvgIpc) is 2.96. The van der Waals surface area contributed by atoms with E-state index < -0.39 is 0 Å². The number of benzene rings is 1. The van der Waals surface area contributed by atoms with Crippen LogP contribution in [0.5, 0.6) is 0 Å². The Morgan fingerprint density at radius 2 is 2.00 bits per heavy atom. The van der Waals surface area contributed by atoms with Crippen molar-refractivity contribution in [2.24, 2.45) is 11.7 Å². The topological polar surface area (TPSA) is 80.9 Å². The highest BCUT2D eigenvalue weighted by molar-refractivity contribution is 7.15. The van der Waals surface area contributed by atoms with Gasteiger partial charge in [0, 0.05) is 17.9 Å². The summed E-state index contributed by atoms with van der Waals surface area (Å²) in [7, 11) is 0. The predicted octanol–water partition coefficient (Wildman–Crippen LogP) is 2.40. The molecule has 1 unspecified atom stereocenters. The molecule has 2 rings (SSSR count). The maximum absolute atomic E-state index is 11.8. The molecule has 21 heavy (non-hydrogen) atoms. The van der Waals surface area contributed by atoms with Gasteiger partial charge in [0.15, 0.2) is 0 Å². The zero-order chi connectivity index (χ0) is 15.5. The molecule has 0 saturated heterocycles. The van der Waals surface area contributed by atoms with Gasteiger partial charge in [-0.15, -0.1) is 10.2 Å². The highest BCUT2D eigenvalue weighted by Crippen LogP contribution is 2.34. The van der Waals surface area contributed by atoms with Gasteiger partial charge < -0.3 is 11.1 Å². The molecule has 1 aromatic carbocycles. The molecule has 1 amide bonds. The van der Waals surface area contributed by atoms with E-state index in [1.165, 1.54) is 11.3 Å². The second-order valence-corrected chi connectivity index (χ2v) is 6.51. The van der Waals surface area contributed by atoms with E-state index in [-0.39, 0.29) is 17.2 Å². The monoisotopic (exact) mass is 304 g/mol. The Kier molecular flexibility index (Phi) is 4.69. The Bertz CT molecular complexity index is 609. The fraction of sp³-hybridized carbons (Fsp3) is 0.400. The quantitative estimate of drug-likeness (QED) is 0.888. The van der Waals surface area contributed by atoms with Crippen LogP contribution >= 0.6 is 11.3 Å². The third kappa shape index (κ3) is 3.46. The van der Waals surface area contributed by atoms with Gasteiger partial charge in [0.1, 0.15) is 5.01 Å². The number of hydrogen-bond acceptors (Lipinski definition) is 5. The molecule has 1 aromatic heterocycles. The third-order valence-electron chi connectivity index (χ3n) is 3.49. The van der Waals surface area contributed by atoms with Gasteiger partial charge >= 0.3 is 0 Å². The van der Waals surface area contributed by atoms with E-state index in [1.807, 2.05) is 18.2 Å². The maximum atomic E-state index is 11.8. The number of aromatic nitrogens is 2. The van der Waals surface area contributed by atoms with Crippen molar-refractivity contribution in [3.8, 4) is 0 Å². The van der Waals surface area contributed by atoms with Crippen molar-refractivity contribution in [2.75, 3.05) is 11.9 Å². The van der Waals surface area contributed by atoms with E-state index in [0.717, 1.165) is 10.6 Å². The summed E-state index contributed by atoms with van der Waals surface area (Å²) in [6.45, 7) is 6.28. The van der Waals surface area contributed by atoms with Crippen LogP contribution in [0.25, 0.3) is 0 Å². The van der Waals surface area contributed by atoms with Crippen LogP contribution < -0.4 is 11.1 Å². The Hall–Kier alpha value is -1.79. The summed E-state index contributed by atoms with van der Waals surface area (Å²) in [4.78, 5) is 11.8. The second-order valence-electron chi connectivity index (χ2n) is 5.53. The number of carbonyl (C=O) groups excluding carboxylic acids is 1. The van der Waals surface area contributed by atoms with Crippen LogP contribution in [0.4, 0.5) is 5.13 Å². The third-order valence-corrected chi connectivity index (χ3v) is 4.65. The zero-order valence-electron chi connectivity index (χ0n) is 12.5. The molecule has 0 bridgehead atoms. The van der Waals surface area contributed by atoms with Crippen molar-refractivity contribution in [1.29, 1.82) is 0 Å². The largest absolute Gasteiger partial charge is 0.330 e. The number of amides is 1. The van der Waals surface area contributed by atoms with E-state index in [2.05, 4.69) is 41.5 Å². The smallest absolute Gasteiger partial charge is 0.230 e. The first-order valence-corrected chi connectivity index (χ1v) is 7.67. The number of nitrogens with zero attached hydrogens (tertiary/aromatic N) is 2. The van der Waals surface area contributed by atoms with Crippen molar-refractivity contribution < 1.29 is 4.79 Å². The first-order valence-electron chi connectivity index (χ1n) is 6.85. The van der Waals surface area contributed by atoms with E-state index in [1.54, 1.807) is 6.92 Å². The first-order chi connectivity index (χ1) is 9.95. The van der Waals surface area contributed by atoms with Crippen LogP contribution in [0.2, 0.25) is 0 Å². The molecule has 0 aliphatic carbocycles. The molecule has 5 nitrogen and oxygen atoms in total. The lowest BCUT2D eigenvalue weighted by Gasteiger charge is -2.21. The van der Waals surface area contributed by atoms with Gasteiger partial charge in [-0.05, 0) is 19.4 Å². The summed E-state index contributed by atoms with van der Waals surface area (Å²) < 4.78 is 0. The number of rotatable bonds is 5. The van der Waals surface area contributed by atoms with Gasteiger partial charge in [0.25, 0.3) is 0 Å². The maximum Gasteiger partial charge on any atom is 0.230 e. The molecule has 1 heterocycles. The molecule has 0 saturated carbocycles. The molecule has 2 aromatic rings. The number of nitrogens with two attached hydrogens (primary N) is 1. The van der Waals surface area contributed by atoms with E-state index in [0.29, 0.717) is 11.7 Å². The number of carbonyl (C=O) groups is 1. The van der Waals surface area contributed by atoms with E-state index >= 15 is 0 Å². The molecule has 0 radical (unpaired) electrons. The number of hydrogen-bond donors (Lipinski definition) is 2. The molecular formula is C15H20N4OS. The van der Waals surface area contributed by atoms with Gasteiger partial charge in [-0.1, -0.05) is 48.6 Å². The minimum Gasteiger partial charge on any atom is -0.330 e. The van der Waals surface area contributed by atoms with Gasteiger partial charge in [-0.25, -0.2) is 0 Å². The van der Waals surface area contributed by atoms with Crippen molar-refractivity contribution >= 4 is 22.4 Å². The Morgan fingerprint density at radius 1 is 1.33 bits per heavy atom. The lowest BCUT2D eigenvalue weighted by atomic mass is 9.85. The van der Waals surface area contributed by atoms with Crippen molar-refractivity contribution in [2.45, 2.75) is 26.2 Å². The SMILES string of the molecule is CC(CN)C(=O)Nc1nnc(C(C)(C)c2ccccc2)s1. The minimum absolute atomic E-state index is 0.127. The van der Waals surface area contributed by atoms with Gasteiger partial charge in [0.05, 0.1) is 0 Å². The van der Waals surface area contributed by atoms with Crippen LogP contribution in [-0.4, -0.2) is 22.6 Å². The molecule has 1 atom stereocenters. The molecular weight excluding hydrogens is 284 g/mol. The van der Waals surface area contributed by atoms with Gasteiger partial charge in [0.2, 0.25) is 11.0 Å². The molecule has 0 spiro atoms. The highest BCUT2D eigenvalue weighted by Gasteiger charge is 2.27. The summed E-state index contributed by atoms with van der Waals surface area (Å²) in [6.07, 6.45) is 0. The van der Waals surface area contributed by atoms with Crippen molar-refractivity contribution in [3.63, 3.8) is 0 Å². The van der Waals surface area contributed by atoms with Gasteiger partial charge in [-0.2, -0.15) is 0 Å². The number of anilines is 1. The molecule has 0 aliphatic rings. The van der Waals surface area contributed by atoms with Crippen LogP contribution in [0, 0.1) is 5.92 Å². The Balaban J connectivity index is 2.18. The Labute approximate surface area is 128 Å². The summed E-state index contributed by atoms with van der Waals surface area (Å²) in [5, 5.41) is 12.4. The van der Waals surface area contributed by atoms with Crippen molar-refractivity contribution in [3.05, 3.63) is 40.9 Å². The van der Waals surface area contributed by atoms with Gasteiger partial charge in [-0.3, -0.25) is 4.79 Å². The zero-order valence-corrected chi connectivity index (χ0v) is 13.3. The minimum atomic E-state index is -0.249. The molecule has 3 N–H and O–H groups in total. The second kappa shape index (κ2) is 6.32. The molecule has 6 heteroatoms. The number of nitrogens with one attached hydrogen (secondary N) is 1. The molecule has 0 aliphatic heterocycles. The van der Waals surface area contributed by atoms with Crippen LogP contribution in [0.1, 0.15) is 31.3 Å². The average molecular weight is 304 g/mol. The van der Waals surface area contributed by atoms with Crippen LogP contribution in [0.3, 0.4) is 0 Å². The summed E-state index contributed by atoms with van der Waals surface area (Å²) in [6, 6.07) is 10.1. The summed E-state index contributed by atoms with van der Waals surface area (Å²) in [5.74, 6) is -0.364. The summed E-state index contributed by atoms with van der Waals surface area (Å²) >= 11 is 1.40. The standard InChI is InChI=1S/C15H20N4OS/c1-10(9-16)12(20)17-14-19-18-13(21-14)15(2,3)11-7-5-4-6-8-11/h4-8,10H,9,16H2,1-3H3,(H,17,19,20). The molecule has 112 valence electrons. The molecule has 0 fully saturated rings. The highest BCUT2D eigenvalue weighted by atomic mass is 32.1. The fourth-order valence-corrected chi connectivity index (χ4v) is 2.71. The summed E-state index contributed by atoms with van der Waals surface area (Å²) in [5.41, 5.74) is 6.40. The lowest BCUT2D eigenvalue weighted by Crippen LogP contribution is -2.26. The predicted molar refractivity (Wildman–Crippen MR) is 85.3 cm³/mol. The van der Waals surface area contributed by atoms with Crippen LogP contribution in [0.15, 0.2) is 30.3 Å². The fourth-order valence-electron chi connectivity index (χ4n) is 1.84. The first kappa shape index (κ1) is 15.6. The van der Waals surface area contributed by atoms with E-state index in [4.69, 9.17) is 5.73 Å². The van der Waals surface area contributed by atoms with E-state index in [9.17, 15) is 4.79 Å². The normalized spacial score (nSPS) is 13.0. The van der Waals surface area contributed by atoms with Crippen molar-refractivity contribution in [1.82, 2.24) is 10.2 Å². The Morgan fingerprint density at radius 3 is 2.62 bits per heavy atom. The van der Waals surface area contributed by atoms with Crippen LogP contribution in [-0.2, 0) is 10.2 Å². The lowest BCUT2D eigenvalue weighted by molar-refractivity contribution is -0.119.